The van der Waals surface area contributed by atoms with Gasteiger partial charge in [0.05, 0.1) is 19.2 Å². The van der Waals surface area contributed by atoms with Crippen molar-refractivity contribution in [2.75, 3.05) is 12.0 Å². The molecule has 0 bridgehead atoms. The zero-order valence-electron chi connectivity index (χ0n) is 22.7. The number of rotatable bonds is 7. The van der Waals surface area contributed by atoms with Crippen LogP contribution < -0.4 is 4.90 Å². The summed E-state index contributed by atoms with van der Waals surface area (Å²) in [7, 11) is 1.36. The lowest BCUT2D eigenvalue weighted by Crippen LogP contribution is -2.34. The summed E-state index contributed by atoms with van der Waals surface area (Å²) in [5.74, 6) is 0.166. The van der Waals surface area contributed by atoms with E-state index in [1.54, 1.807) is 23.2 Å². The van der Waals surface area contributed by atoms with Crippen LogP contribution in [0, 0.1) is 12.3 Å². The number of aryl methyl sites for hydroxylation is 1. The molecule has 38 heavy (non-hydrogen) atoms. The molecule has 1 aromatic heterocycles. The molecule has 0 spiro atoms. The molecule has 0 atom stereocenters. The van der Waals surface area contributed by atoms with Crippen LogP contribution in [0.3, 0.4) is 0 Å². The van der Waals surface area contributed by atoms with Gasteiger partial charge in [-0.05, 0) is 75.9 Å². The fraction of sp³-hybridized carbons (Fsp3) is 0.242. The third-order valence-corrected chi connectivity index (χ3v) is 6.53. The second kappa shape index (κ2) is 11.0. The summed E-state index contributed by atoms with van der Waals surface area (Å²) in [5.41, 5.74) is 5.79. The summed E-state index contributed by atoms with van der Waals surface area (Å²) in [6.07, 6.45) is 3.92. The molecule has 4 rings (SSSR count). The molecule has 0 unspecified atom stereocenters. The summed E-state index contributed by atoms with van der Waals surface area (Å²) in [6, 6.07) is 21.8. The van der Waals surface area contributed by atoms with Crippen molar-refractivity contribution in [2.24, 2.45) is 5.41 Å². The van der Waals surface area contributed by atoms with Crippen LogP contribution in [0.5, 0.6) is 0 Å². The van der Waals surface area contributed by atoms with Gasteiger partial charge in [-0.2, -0.15) is 0 Å². The summed E-state index contributed by atoms with van der Waals surface area (Å²) < 4.78 is 4.87. The molecule has 0 aliphatic carbocycles. The fourth-order valence-corrected chi connectivity index (χ4v) is 4.48. The predicted octanol–water partition coefficient (Wildman–Crippen LogP) is 7.61. The van der Waals surface area contributed by atoms with Crippen LogP contribution in [0.4, 0.5) is 5.82 Å². The van der Waals surface area contributed by atoms with Gasteiger partial charge in [0.25, 0.3) is 0 Å². The van der Waals surface area contributed by atoms with E-state index in [4.69, 9.17) is 4.74 Å². The number of hydrogen-bond acceptors (Lipinski definition) is 4. The molecule has 0 aliphatic rings. The molecule has 194 valence electrons. The Balaban J connectivity index is 1.71. The molecule has 1 heterocycles. The smallest absolute Gasteiger partial charge is 0.337 e. The highest BCUT2D eigenvalue weighted by molar-refractivity contribution is 6.04. The van der Waals surface area contributed by atoms with E-state index in [0.717, 1.165) is 33.0 Å². The van der Waals surface area contributed by atoms with Gasteiger partial charge in [-0.3, -0.25) is 9.69 Å². The fourth-order valence-electron chi connectivity index (χ4n) is 4.48. The molecule has 0 saturated heterocycles. The van der Waals surface area contributed by atoms with Crippen molar-refractivity contribution in [1.82, 2.24) is 4.98 Å². The first-order valence-electron chi connectivity index (χ1n) is 12.7. The third-order valence-electron chi connectivity index (χ3n) is 6.53. The quantitative estimate of drug-likeness (QED) is 0.242. The monoisotopic (exact) mass is 506 g/mol. The van der Waals surface area contributed by atoms with Gasteiger partial charge < -0.3 is 4.74 Å². The van der Waals surface area contributed by atoms with Crippen LogP contribution in [0.25, 0.3) is 28.0 Å². The van der Waals surface area contributed by atoms with Crippen LogP contribution in [0.15, 0.2) is 79.5 Å². The maximum atomic E-state index is 13.6. The van der Waals surface area contributed by atoms with Crippen LogP contribution in [-0.4, -0.2) is 24.0 Å². The van der Waals surface area contributed by atoms with Crippen LogP contribution >= 0.6 is 0 Å². The Kier molecular flexibility index (Phi) is 7.77. The third kappa shape index (κ3) is 6.00. The Morgan fingerprint density at radius 3 is 2.34 bits per heavy atom. The molecule has 0 saturated carbocycles. The Morgan fingerprint density at radius 2 is 1.68 bits per heavy atom. The average molecular weight is 507 g/mol. The number of benzene rings is 3. The molecule has 5 nitrogen and oxygen atoms in total. The number of pyridine rings is 1. The second-order valence-electron chi connectivity index (χ2n) is 10.8. The lowest BCUT2D eigenvalue weighted by atomic mass is 9.91. The van der Waals surface area contributed by atoms with E-state index in [0.29, 0.717) is 24.3 Å². The molecule has 4 aromatic rings. The molecular weight excluding hydrogens is 472 g/mol. The van der Waals surface area contributed by atoms with Gasteiger partial charge in [0, 0.05) is 18.0 Å². The number of esters is 1. The second-order valence-corrected chi connectivity index (χ2v) is 10.8. The lowest BCUT2D eigenvalue weighted by Gasteiger charge is -2.27. The Labute approximate surface area is 224 Å². The number of nitrogens with zero attached hydrogens (tertiary/aromatic N) is 2. The maximum absolute atomic E-state index is 13.6. The maximum Gasteiger partial charge on any atom is 0.337 e. The first-order valence-corrected chi connectivity index (χ1v) is 12.7. The molecule has 1 amide bonds. The van der Waals surface area contributed by atoms with Crippen LogP contribution in [0.1, 0.15) is 54.2 Å². The Hall–Kier alpha value is -4.25. The van der Waals surface area contributed by atoms with Gasteiger partial charge in [0.15, 0.2) is 0 Å². The van der Waals surface area contributed by atoms with E-state index < -0.39 is 5.97 Å². The number of aromatic nitrogens is 1. The average Bonchev–Trinajstić information content (AvgIpc) is 2.90. The van der Waals surface area contributed by atoms with E-state index in [1.807, 2.05) is 18.2 Å². The van der Waals surface area contributed by atoms with Gasteiger partial charge in [-0.1, -0.05) is 69.8 Å². The molecule has 0 fully saturated rings. The largest absolute Gasteiger partial charge is 0.465 e. The number of anilines is 1. The first kappa shape index (κ1) is 26.8. The lowest BCUT2D eigenvalue weighted by molar-refractivity contribution is -0.120. The number of carbonyl (C=O) groups excluding carboxylic acids is 2. The molecule has 0 radical (unpaired) electrons. The van der Waals surface area contributed by atoms with Gasteiger partial charge in [0.1, 0.15) is 5.82 Å². The summed E-state index contributed by atoms with van der Waals surface area (Å²) in [5, 5.41) is 1.62. The molecule has 0 aliphatic heterocycles. The zero-order chi connectivity index (χ0) is 27.4. The van der Waals surface area contributed by atoms with Crippen molar-refractivity contribution < 1.29 is 14.3 Å². The van der Waals surface area contributed by atoms with E-state index in [1.165, 1.54) is 12.7 Å². The number of methoxy groups -OCH3 is 1. The number of ether oxygens (including phenoxy) is 1. The highest BCUT2D eigenvalue weighted by Gasteiger charge is 2.25. The number of carbonyl (C=O) groups is 2. The minimum absolute atomic E-state index is 0.00668. The van der Waals surface area contributed by atoms with Gasteiger partial charge in [0.2, 0.25) is 5.91 Å². The topological polar surface area (TPSA) is 59.5 Å². The van der Waals surface area contributed by atoms with Crippen LogP contribution in [-0.2, 0) is 16.1 Å². The first-order chi connectivity index (χ1) is 18.1. The van der Waals surface area contributed by atoms with Crippen molar-refractivity contribution in [3.05, 3.63) is 102 Å². The van der Waals surface area contributed by atoms with Crippen molar-refractivity contribution in [3.8, 4) is 11.1 Å². The van der Waals surface area contributed by atoms with E-state index in [9.17, 15) is 9.59 Å². The highest BCUT2D eigenvalue weighted by Crippen LogP contribution is 2.30. The number of hydrogen-bond donors (Lipinski definition) is 0. The van der Waals surface area contributed by atoms with Gasteiger partial charge in [-0.15, -0.1) is 0 Å². The molecular formula is C33H34N2O3. The van der Waals surface area contributed by atoms with E-state index in [-0.39, 0.29) is 11.3 Å². The minimum Gasteiger partial charge on any atom is -0.465 e. The molecule has 3 aromatic carbocycles. The van der Waals surface area contributed by atoms with Gasteiger partial charge in [-0.25, -0.2) is 9.78 Å². The summed E-state index contributed by atoms with van der Waals surface area (Å²) >= 11 is 0. The van der Waals surface area contributed by atoms with E-state index in [2.05, 4.69) is 81.7 Å². The Bertz CT molecular complexity index is 1500. The van der Waals surface area contributed by atoms with E-state index >= 15 is 0 Å². The zero-order valence-corrected chi connectivity index (χ0v) is 22.7. The number of amides is 1. The Morgan fingerprint density at radius 1 is 0.974 bits per heavy atom. The van der Waals surface area contributed by atoms with Crippen molar-refractivity contribution in [3.63, 3.8) is 0 Å². The van der Waals surface area contributed by atoms with Gasteiger partial charge >= 0.3 is 5.97 Å². The van der Waals surface area contributed by atoms with Crippen LogP contribution in [0.2, 0.25) is 0 Å². The number of fused-ring (bicyclic) bond motifs is 1. The summed E-state index contributed by atoms with van der Waals surface area (Å²) in [6.45, 7) is 12.5. The SMILES string of the molecule is C=Cc1cc(-c2ccc(CN(C(=O)CC(C)(C)C)c3nccc4cc(C(=O)OC)ccc34)cc2)ccc1C. The molecule has 0 N–H and O–H groups in total. The van der Waals surface area contributed by atoms with Crippen molar-refractivity contribution in [1.29, 1.82) is 0 Å². The molecule has 5 heteroatoms. The standard InChI is InChI=1S/C33H34N2O3/c1-7-24-18-26(11-8-22(24)2)25-12-9-23(10-13-25)21-35(30(36)20-33(3,4)5)31-29-15-14-28(32(37)38-6)19-27(29)16-17-34-31/h7-19H,1,20-21H2,2-6H3. The normalized spacial score (nSPS) is 11.3. The highest BCUT2D eigenvalue weighted by atomic mass is 16.5. The summed E-state index contributed by atoms with van der Waals surface area (Å²) in [4.78, 5) is 32.1. The van der Waals surface area contributed by atoms with Crippen molar-refractivity contribution in [2.45, 2.75) is 40.7 Å². The van der Waals surface area contributed by atoms with Crippen molar-refractivity contribution >= 4 is 34.5 Å². The minimum atomic E-state index is -0.403. The predicted molar refractivity (Wildman–Crippen MR) is 155 cm³/mol.